The fraction of sp³-hybridized carbons (Fsp3) is 0.667. The van der Waals surface area contributed by atoms with Gasteiger partial charge >= 0.3 is 0 Å². The summed E-state index contributed by atoms with van der Waals surface area (Å²) >= 11 is 0. The van der Waals surface area contributed by atoms with Crippen LogP contribution in [0.3, 0.4) is 0 Å². The van der Waals surface area contributed by atoms with Crippen LogP contribution in [0.4, 0.5) is 0 Å². The lowest BCUT2D eigenvalue weighted by atomic mass is 9.90. The average molecular weight is 284 g/mol. The van der Waals surface area contributed by atoms with Gasteiger partial charge in [-0.3, -0.25) is 0 Å². The highest BCUT2D eigenvalue weighted by molar-refractivity contribution is 7.88. The molecule has 0 spiro atoms. The van der Waals surface area contributed by atoms with E-state index in [4.69, 9.17) is 5.73 Å². The normalized spacial score (nSPS) is 23.2. The van der Waals surface area contributed by atoms with Gasteiger partial charge in [-0.05, 0) is 36.8 Å². The summed E-state index contributed by atoms with van der Waals surface area (Å²) in [7, 11) is -3.09. The van der Waals surface area contributed by atoms with E-state index < -0.39 is 10.0 Å². The number of aromatic nitrogens is 2. The van der Waals surface area contributed by atoms with Crippen molar-refractivity contribution in [1.29, 1.82) is 0 Å². The topological polar surface area (TPSA) is 89.2 Å². The molecular weight excluding hydrogens is 264 g/mol. The summed E-state index contributed by atoms with van der Waals surface area (Å²) in [6, 6.07) is 1.74. The number of nitrogens with two attached hydrogens (primary N) is 1. The Morgan fingerprint density at radius 3 is 2.95 bits per heavy atom. The van der Waals surface area contributed by atoms with Crippen LogP contribution >= 0.6 is 0 Å². The molecule has 0 amide bonds. The third-order valence-corrected chi connectivity index (χ3v) is 4.84. The minimum Gasteiger partial charge on any atom is -0.324 e. The van der Waals surface area contributed by atoms with Gasteiger partial charge in [-0.25, -0.2) is 12.7 Å². The van der Waals surface area contributed by atoms with Gasteiger partial charge in [-0.2, -0.15) is 10.2 Å². The first-order valence-corrected chi connectivity index (χ1v) is 8.29. The number of hydrogen-bond acceptors (Lipinski definition) is 5. The maximum Gasteiger partial charge on any atom is 0.211 e. The molecule has 2 heterocycles. The number of nitrogens with zero attached hydrogens (tertiary/aromatic N) is 3. The zero-order valence-electron chi connectivity index (χ0n) is 11.1. The van der Waals surface area contributed by atoms with E-state index in [2.05, 4.69) is 10.2 Å². The fourth-order valence-electron chi connectivity index (χ4n) is 2.54. The van der Waals surface area contributed by atoms with Gasteiger partial charge in [0.05, 0.1) is 12.5 Å². The van der Waals surface area contributed by atoms with Gasteiger partial charge in [0.2, 0.25) is 10.0 Å². The summed E-state index contributed by atoms with van der Waals surface area (Å²) in [4.78, 5) is 0. The average Bonchev–Trinajstić information content (AvgIpc) is 2.39. The molecule has 19 heavy (non-hydrogen) atoms. The summed E-state index contributed by atoms with van der Waals surface area (Å²) in [6.07, 6.45) is 7.26. The molecule has 1 aliphatic heterocycles. The van der Waals surface area contributed by atoms with Crippen molar-refractivity contribution in [1.82, 2.24) is 14.5 Å². The van der Waals surface area contributed by atoms with E-state index in [1.54, 1.807) is 16.7 Å². The van der Waals surface area contributed by atoms with Crippen LogP contribution in [-0.2, 0) is 10.0 Å². The van der Waals surface area contributed by atoms with Gasteiger partial charge in [-0.15, -0.1) is 0 Å². The van der Waals surface area contributed by atoms with Gasteiger partial charge in [0.1, 0.15) is 0 Å². The molecular formula is C12H20N4O2S. The number of hydrogen-bond donors (Lipinski definition) is 1. The molecule has 0 bridgehead atoms. The predicted molar refractivity (Wildman–Crippen MR) is 72.7 cm³/mol. The molecule has 2 rings (SSSR count). The molecule has 2 atom stereocenters. The lowest BCUT2D eigenvalue weighted by Crippen LogP contribution is -2.40. The Morgan fingerprint density at radius 1 is 1.53 bits per heavy atom. The maximum absolute atomic E-state index is 11.6. The van der Waals surface area contributed by atoms with Crippen LogP contribution in [0.5, 0.6) is 0 Å². The second-order valence-corrected chi connectivity index (χ2v) is 7.13. The van der Waals surface area contributed by atoms with Crippen LogP contribution in [0.2, 0.25) is 0 Å². The summed E-state index contributed by atoms with van der Waals surface area (Å²) in [6.45, 7) is 1.20. The standard InChI is InChI=1S/C12H20N4O2S/c1-19(17,18)16-6-2-3-10(9-16)7-12(13)11-4-5-14-15-8-11/h4-5,8,10,12H,2-3,6-7,9,13H2,1H3. The number of sulfonamides is 1. The van der Waals surface area contributed by atoms with E-state index in [1.165, 1.54) is 6.26 Å². The molecule has 1 aromatic rings. The molecule has 2 unspecified atom stereocenters. The quantitative estimate of drug-likeness (QED) is 0.871. The smallest absolute Gasteiger partial charge is 0.211 e. The van der Waals surface area contributed by atoms with Gasteiger partial charge in [-0.1, -0.05) is 0 Å². The van der Waals surface area contributed by atoms with Crippen molar-refractivity contribution in [3.05, 3.63) is 24.0 Å². The number of piperidine rings is 1. The third kappa shape index (κ3) is 3.95. The highest BCUT2D eigenvalue weighted by Crippen LogP contribution is 2.26. The maximum atomic E-state index is 11.6. The van der Waals surface area contributed by atoms with Crippen molar-refractivity contribution in [3.63, 3.8) is 0 Å². The van der Waals surface area contributed by atoms with Crippen molar-refractivity contribution >= 4 is 10.0 Å². The van der Waals surface area contributed by atoms with Gasteiger partial charge in [0.15, 0.2) is 0 Å². The van der Waals surface area contributed by atoms with Crippen LogP contribution in [0.1, 0.15) is 30.9 Å². The Hall–Kier alpha value is -1.05. The first-order valence-electron chi connectivity index (χ1n) is 6.44. The van der Waals surface area contributed by atoms with Crippen LogP contribution in [-0.4, -0.2) is 42.3 Å². The van der Waals surface area contributed by atoms with Crippen LogP contribution < -0.4 is 5.73 Å². The first-order chi connectivity index (χ1) is 8.97. The SMILES string of the molecule is CS(=O)(=O)N1CCCC(CC(N)c2ccnnc2)C1. The minimum absolute atomic E-state index is 0.111. The molecule has 2 N–H and O–H groups in total. The van der Waals surface area contributed by atoms with Gasteiger partial charge in [0, 0.05) is 25.3 Å². The molecule has 6 nitrogen and oxygen atoms in total. The Balaban J connectivity index is 1.96. The summed E-state index contributed by atoms with van der Waals surface area (Å²) < 4.78 is 24.7. The molecule has 0 saturated carbocycles. The van der Waals surface area contributed by atoms with Crippen molar-refractivity contribution in [2.45, 2.75) is 25.3 Å². The second kappa shape index (κ2) is 5.94. The monoisotopic (exact) mass is 284 g/mol. The van der Waals surface area contributed by atoms with Gasteiger partial charge < -0.3 is 5.73 Å². The molecule has 0 aliphatic carbocycles. The Kier molecular flexibility index (Phi) is 4.49. The lowest BCUT2D eigenvalue weighted by molar-refractivity contribution is 0.247. The zero-order chi connectivity index (χ0) is 13.9. The molecule has 1 aliphatic rings. The third-order valence-electron chi connectivity index (χ3n) is 3.57. The number of rotatable bonds is 4. The van der Waals surface area contributed by atoms with Crippen molar-refractivity contribution in [3.8, 4) is 0 Å². The van der Waals surface area contributed by atoms with E-state index >= 15 is 0 Å². The molecule has 1 saturated heterocycles. The minimum atomic E-state index is -3.09. The highest BCUT2D eigenvalue weighted by Gasteiger charge is 2.27. The highest BCUT2D eigenvalue weighted by atomic mass is 32.2. The van der Waals surface area contributed by atoms with E-state index in [1.807, 2.05) is 6.07 Å². The molecule has 1 fully saturated rings. The fourth-order valence-corrected chi connectivity index (χ4v) is 3.48. The molecule has 106 valence electrons. The molecule has 1 aromatic heterocycles. The van der Waals surface area contributed by atoms with Crippen molar-refractivity contribution in [2.24, 2.45) is 11.7 Å². The van der Waals surface area contributed by atoms with E-state index in [0.717, 1.165) is 24.8 Å². The van der Waals surface area contributed by atoms with Crippen LogP contribution in [0, 0.1) is 5.92 Å². The Bertz CT molecular complexity index is 506. The van der Waals surface area contributed by atoms with E-state index in [0.29, 0.717) is 19.0 Å². The predicted octanol–water partition coefficient (Wildman–Crippen LogP) is 0.538. The Morgan fingerprint density at radius 2 is 2.32 bits per heavy atom. The van der Waals surface area contributed by atoms with E-state index in [9.17, 15) is 8.42 Å². The first kappa shape index (κ1) is 14.4. The Labute approximate surface area is 114 Å². The summed E-state index contributed by atoms with van der Waals surface area (Å²) in [5.74, 6) is 0.312. The molecule has 0 aromatic carbocycles. The van der Waals surface area contributed by atoms with Crippen LogP contribution in [0.15, 0.2) is 18.5 Å². The largest absolute Gasteiger partial charge is 0.324 e. The van der Waals surface area contributed by atoms with Crippen molar-refractivity contribution < 1.29 is 8.42 Å². The summed E-state index contributed by atoms with van der Waals surface area (Å²) in [5.41, 5.74) is 7.10. The van der Waals surface area contributed by atoms with Crippen LogP contribution in [0.25, 0.3) is 0 Å². The summed E-state index contributed by atoms with van der Waals surface area (Å²) in [5, 5.41) is 7.54. The lowest BCUT2D eigenvalue weighted by Gasteiger charge is -2.32. The van der Waals surface area contributed by atoms with Crippen molar-refractivity contribution in [2.75, 3.05) is 19.3 Å². The second-order valence-electron chi connectivity index (χ2n) is 5.15. The zero-order valence-corrected chi connectivity index (χ0v) is 11.9. The molecule has 0 radical (unpaired) electrons. The van der Waals surface area contributed by atoms with Gasteiger partial charge in [0.25, 0.3) is 0 Å². The molecule has 7 heteroatoms. The van der Waals surface area contributed by atoms with E-state index in [-0.39, 0.29) is 6.04 Å².